The molecule has 0 aliphatic rings. The van der Waals surface area contributed by atoms with Gasteiger partial charge in [-0.2, -0.15) is 13.2 Å². The first-order chi connectivity index (χ1) is 9.67. The van der Waals surface area contributed by atoms with Crippen LogP contribution >= 0.6 is 0 Å². The van der Waals surface area contributed by atoms with Crippen LogP contribution in [-0.4, -0.2) is 43.8 Å². The van der Waals surface area contributed by atoms with E-state index < -0.39 is 18.9 Å². The van der Waals surface area contributed by atoms with Gasteiger partial charge in [-0.25, -0.2) is 4.79 Å². The first-order valence-corrected chi connectivity index (χ1v) is 5.97. The molecule has 0 fully saturated rings. The third kappa shape index (κ3) is 6.64. The predicted molar refractivity (Wildman–Crippen MR) is 69.9 cm³/mol. The Morgan fingerprint density at radius 2 is 1.76 bits per heavy atom. The van der Waals surface area contributed by atoms with Crippen LogP contribution in [0.4, 0.5) is 23.7 Å². The highest BCUT2D eigenvalue weighted by molar-refractivity contribution is 5.84. The van der Waals surface area contributed by atoms with Crippen molar-refractivity contribution in [2.75, 3.05) is 26.0 Å². The minimum absolute atomic E-state index is 0.0831. The molecule has 0 aromatic heterocycles. The largest absolute Gasteiger partial charge is 0.440 e. The third-order valence-corrected chi connectivity index (χ3v) is 2.42. The number of rotatable bonds is 4. The molecule has 0 saturated carbocycles. The molecular weight excluding hydrogens is 289 g/mol. The van der Waals surface area contributed by atoms with Gasteiger partial charge < -0.3 is 9.64 Å². The van der Waals surface area contributed by atoms with Crippen LogP contribution in [0.15, 0.2) is 24.3 Å². The van der Waals surface area contributed by atoms with Crippen LogP contribution in [0.25, 0.3) is 0 Å². The van der Waals surface area contributed by atoms with Gasteiger partial charge in [0.25, 0.3) is 0 Å². The molecule has 2 amide bonds. The second-order valence-corrected chi connectivity index (χ2v) is 4.48. The lowest BCUT2D eigenvalue weighted by Crippen LogP contribution is -2.24. The summed E-state index contributed by atoms with van der Waals surface area (Å²) in [5.41, 5.74) is 1.01. The molecule has 0 atom stereocenters. The van der Waals surface area contributed by atoms with Gasteiger partial charge in [-0.1, -0.05) is 12.1 Å². The fourth-order valence-electron chi connectivity index (χ4n) is 1.34. The highest BCUT2D eigenvalue weighted by Crippen LogP contribution is 2.15. The summed E-state index contributed by atoms with van der Waals surface area (Å²) in [4.78, 5) is 24.0. The SMILES string of the molecule is CN(C)C(=O)Cc1ccc(NC(=O)OCC(F)(F)F)cc1. The van der Waals surface area contributed by atoms with Crippen LogP contribution in [0.2, 0.25) is 0 Å². The molecule has 0 radical (unpaired) electrons. The Balaban J connectivity index is 2.51. The van der Waals surface area contributed by atoms with E-state index in [4.69, 9.17) is 0 Å². The van der Waals surface area contributed by atoms with E-state index in [2.05, 4.69) is 10.1 Å². The molecule has 0 spiro atoms. The van der Waals surface area contributed by atoms with E-state index >= 15 is 0 Å². The number of nitrogens with one attached hydrogen (secondary N) is 1. The van der Waals surface area contributed by atoms with Crippen LogP contribution < -0.4 is 5.32 Å². The highest BCUT2D eigenvalue weighted by Gasteiger charge is 2.29. The van der Waals surface area contributed by atoms with E-state index in [0.29, 0.717) is 0 Å². The number of amides is 2. The summed E-state index contributed by atoms with van der Waals surface area (Å²) in [6, 6.07) is 6.15. The van der Waals surface area contributed by atoms with E-state index in [-0.39, 0.29) is 18.0 Å². The Morgan fingerprint density at radius 1 is 1.19 bits per heavy atom. The van der Waals surface area contributed by atoms with E-state index in [1.54, 1.807) is 26.2 Å². The van der Waals surface area contributed by atoms with Crippen molar-refractivity contribution in [1.29, 1.82) is 0 Å². The van der Waals surface area contributed by atoms with Crippen molar-refractivity contribution in [1.82, 2.24) is 4.90 Å². The topological polar surface area (TPSA) is 58.6 Å². The minimum Gasteiger partial charge on any atom is -0.440 e. The number of halogens is 3. The number of nitrogens with zero attached hydrogens (tertiary/aromatic N) is 1. The van der Waals surface area contributed by atoms with Gasteiger partial charge in [-0.05, 0) is 17.7 Å². The number of benzene rings is 1. The monoisotopic (exact) mass is 304 g/mol. The smallest absolute Gasteiger partial charge is 0.422 e. The van der Waals surface area contributed by atoms with Gasteiger partial charge in [-0.15, -0.1) is 0 Å². The Kier molecular flexibility index (Phi) is 5.57. The van der Waals surface area contributed by atoms with Gasteiger partial charge in [0.2, 0.25) is 5.91 Å². The normalized spacial score (nSPS) is 10.9. The van der Waals surface area contributed by atoms with Crippen molar-refractivity contribution in [3.05, 3.63) is 29.8 Å². The number of hydrogen-bond acceptors (Lipinski definition) is 3. The summed E-state index contributed by atoms with van der Waals surface area (Å²) < 4.78 is 39.6. The summed E-state index contributed by atoms with van der Waals surface area (Å²) in [5.74, 6) is -0.0831. The second-order valence-electron chi connectivity index (χ2n) is 4.48. The number of anilines is 1. The lowest BCUT2D eigenvalue weighted by Gasteiger charge is -2.11. The molecule has 0 aliphatic carbocycles. The number of carbonyl (C=O) groups is 2. The van der Waals surface area contributed by atoms with E-state index in [0.717, 1.165) is 5.56 Å². The molecule has 1 aromatic rings. The van der Waals surface area contributed by atoms with Crippen LogP contribution in [0.3, 0.4) is 0 Å². The van der Waals surface area contributed by atoms with Gasteiger partial charge in [-0.3, -0.25) is 10.1 Å². The van der Waals surface area contributed by atoms with E-state index in [9.17, 15) is 22.8 Å². The molecule has 116 valence electrons. The first-order valence-electron chi connectivity index (χ1n) is 5.97. The Labute approximate surface area is 119 Å². The average molecular weight is 304 g/mol. The van der Waals surface area contributed by atoms with Crippen molar-refractivity contribution in [2.45, 2.75) is 12.6 Å². The summed E-state index contributed by atoms with van der Waals surface area (Å²) in [7, 11) is 3.27. The molecule has 5 nitrogen and oxygen atoms in total. The molecular formula is C13H15F3N2O3. The summed E-state index contributed by atoms with van der Waals surface area (Å²) >= 11 is 0. The van der Waals surface area contributed by atoms with E-state index in [1.807, 2.05) is 0 Å². The fourth-order valence-corrected chi connectivity index (χ4v) is 1.34. The standard InChI is InChI=1S/C13H15F3N2O3/c1-18(2)11(19)7-9-3-5-10(6-4-9)17-12(20)21-8-13(14,15)16/h3-6H,7-8H2,1-2H3,(H,17,20). The predicted octanol–water partition coefficient (Wildman–Crippen LogP) is 2.43. The van der Waals surface area contributed by atoms with Crippen molar-refractivity contribution in [3.63, 3.8) is 0 Å². The quantitative estimate of drug-likeness (QED) is 0.929. The molecule has 0 bridgehead atoms. The summed E-state index contributed by atoms with van der Waals surface area (Å²) in [6.45, 7) is -1.64. The number of likely N-dealkylation sites (N-methyl/N-ethyl adjacent to an activating group) is 1. The molecule has 21 heavy (non-hydrogen) atoms. The molecule has 0 saturated heterocycles. The van der Waals surface area contributed by atoms with Crippen LogP contribution in [0.5, 0.6) is 0 Å². The number of carbonyl (C=O) groups excluding carboxylic acids is 2. The number of alkyl halides is 3. The Bertz CT molecular complexity index is 498. The molecule has 0 aliphatic heterocycles. The third-order valence-electron chi connectivity index (χ3n) is 2.42. The lowest BCUT2D eigenvalue weighted by atomic mass is 10.1. The van der Waals surface area contributed by atoms with Crippen LogP contribution in [0.1, 0.15) is 5.56 Å². The van der Waals surface area contributed by atoms with Gasteiger partial charge in [0.1, 0.15) is 0 Å². The van der Waals surface area contributed by atoms with Gasteiger partial charge in [0.05, 0.1) is 6.42 Å². The second kappa shape index (κ2) is 6.96. The number of hydrogen-bond donors (Lipinski definition) is 1. The zero-order chi connectivity index (χ0) is 16.0. The van der Waals surface area contributed by atoms with Gasteiger partial charge >= 0.3 is 12.3 Å². The van der Waals surface area contributed by atoms with Crippen molar-refractivity contribution in [2.24, 2.45) is 0 Å². The van der Waals surface area contributed by atoms with Crippen LogP contribution in [-0.2, 0) is 16.0 Å². The highest BCUT2D eigenvalue weighted by atomic mass is 19.4. The van der Waals surface area contributed by atoms with E-state index in [1.165, 1.54) is 17.0 Å². The van der Waals surface area contributed by atoms with Gasteiger partial charge in [0, 0.05) is 19.8 Å². The van der Waals surface area contributed by atoms with Gasteiger partial charge in [0.15, 0.2) is 6.61 Å². The maximum Gasteiger partial charge on any atom is 0.422 e. The Hall–Kier alpha value is -2.25. The van der Waals surface area contributed by atoms with Crippen molar-refractivity contribution < 1.29 is 27.5 Å². The van der Waals surface area contributed by atoms with Crippen LogP contribution in [0, 0.1) is 0 Å². The summed E-state index contributed by atoms with van der Waals surface area (Å²) in [6.07, 6.45) is -5.55. The maximum atomic E-state index is 11.9. The molecule has 1 N–H and O–H groups in total. The fraction of sp³-hybridized carbons (Fsp3) is 0.385. The average Bonchev–Trinajstić information content (AvgIpc) is 2.38. The maximum absolute atomic E-state index is 11.9. The molecule has 8 heteroatoms. The lowest BCUT2D eigenvalue weighted by molar-refractivity contribution is -0.159. The zero-order valence-electron chi connectivity index (χ0n) is 11.5. The molecule has 1 aromatic carbocycles. The molecule has 0 heterocycles. The van der Waals surface area contributed by atoms with Crippen molar-refractivity contribution >= 4 is 17.7 Å². The molecule has 1 rings (SSSR count). The molecule has 0 unspecified atom stereocenters. The Morgan fingerprint density at radius 3 is 2.24 bits per heavy atom. The first kappa shape index (κ1) is 16.8. The zero-order valence-corrected chi connectivity index (χ0v) is 11.5. The summed E-state index contributed by atoms with van der Waals surface area (Å²) in [5, 5.41) is 2.16. The number of ether oxygens (including phenoxy) is 1. The minimum atomic E-state index is -4.56. The van der Waals surface area contributed by atoms with Crippen molar-refractivity contribution in [3.8, 4) is 0 Å².